The van der Waals surface area contributed by atoms with Gasteiger partial charge in [-0.2, -0.15) is 0 Å². The van der Waals surface area contributed by atoms with E-state index in [-0.39, 0.29) is 11.4 Å². The van der Waals surface area contributed by atoms with Crippen molar-refractivity contribution in [2.24, 2.45) is 0 Å². The summed E-state index contributed by atoms with van der Waals surface area (Å²) in [4.78, 5) is 29.8. The van der Waals surface area contributed by atoms with Gasteiger partial charge in [-0.25, -0.2) is 9.59 Å². The van der Waals surface area contributed by atoms with Crippen LogP contribution in [0, 0.1) is 10.1 Å². The lowest BCUT2D eigenvalue weighted by Crippen LogP contribution is -1.93. The van der Waals surface area contributed by atoms with Crippen molar-refractivity contribution >= 4 is 17.6 Å². The number of nitro benzene ring substituents is 1. The summed E-state index contributed by atoms with van der Waals surface area (Å²) in [5.41, 5.74) is 0.412. The third kappa shape index (κ3) is 8.22. The van der Waals surface area contributed by atoms with E-state index in [1.807, 2.05) is 0 Å². The molecule has 0 saturated carbocycles. The number of hydrogen-bond donors (Lipinski definition) is 4. The van der Waals surface area contributed by atoms with Crippen LogP contribution in [0.1, 0.15) is 20.7 Å². The van der Waals surface area contributed by atoms with Gasteiger partial charge < -0.3 is 20.4 Å². The number of carboxylic acid groups (broad SMARTS) is 2. The van der Waals surface area contributed by atoms with Crippen molar-refractivity contribution in [3.05, 3.63) is 100 Å². The predicted octanol–water partition coefficient (Wildman–Crippen LogP) is 3.78. The molecule has 9 nitrogen and oxygen atoms in total. The van der Waals surface area contributed by atoms with Gasteiger partial charge in [0, 0.05) is 6.07 Å². The van der Waals surface area contributed by atoms with Crippen LogP contribution in [0.3, 0.4) is 0 Å². The zero-order valence-electron chi connectivity index (χ0n) is 14.9. The molecule has 0 radical (unpaired) electrons. The summed E-state index contributed by atoms with van der Waals surface area (Å²) in [6.45, 7) is 0. The Morgan fingerprint density at radius 2 is 1.10 bits per heavy atom. The van der Waals surface area contributed by atoms with Crippen LogP contribution >= 0.6 is 0 Å². The van der Waals surface area contributed by atoms with E-state index < -0.39 is 22.6 Å². The van der Waals surface area contributed by atoms with E-state index in [4.69, 9.17) is 20.4 Å². The predicted molar refractivity (Wildman–Crippen MR) is 103 cm³/mol. The molecule has 0 aliphatic rings. The van der Waals surface area contributed by atoms with E-state index in [9.17, 15) is 19.7 Å². The van der Waals surface area contributed by atoms with Gasteiger partial charge in [-0.3, -0.25) is 10.1 Å². The first kappa shape index (κ1) is 22.6. The molecule has 0 fully saturated rings. The van der Waals surface area contributed by atoms with E-state index in [0.717, 1.165) is 18.2 Å². The molecule has 0 aromatic heterocycles. The first-order chi connectivity index (χ1) is 13.7. The quantitative estimate of drug-likeness (QED) is 0.294. The third-order valence-corrected chi connectivity index (χ3v) is 3.21. The Morgan fingerprint density at radius 1 is 0.690 bits per heavy atom. The number of nitro groups is 1. The van der Waals surface area contributed by atoms with Crippen molar-refractivity contribution in [3.63, 3.8) is 0 Å². The van der Waals surface area contributed by atoms with Gasteiger partial charge in [-0.15, -0.1) is 0 Å². The van der Waals surface area contributed by atoms with Gasteiger partial charge in [0.25, 0.3) is 5.69 Å². The highest BCUT2D eigenvalue weighted by molar-refractivity contribution is 5.87. The monoisotopic (exact) mass is 399 g/mol. The van der Waals surface area contributed by atoms with Crippen LogP contribution in [0.25, 0.3) is 0 Å². The smallest absolute Gasteiger partial charge is 0.335 e. The average molecular weight is 399 g/mol. The van der Waals surface area contributed by atoms with Crippen molar-refractivity contribution in [1.82, 2.24) is 0 Å². The van der Waals surface area contributed by atoms with E-state index in [2.05, 4.69) is 0 Å². The Hall–Kier alpha value is -4.40. The summed E-state index contributed by atoms with van der Waals surface area (Å²) in [5, 5.41) is 44.4. The van der Waals surface area contributed by atoms with Gasteiger partial charge >= 0.3 is 11.9 Å². The molecule has 0 atom stereocenters. The van der Waals surface area contributed by atoms with Gasteiger partial charge in [0.2, 0.25) is 0 Å². The molecule has 3 rings (SSSR count). The Labute approximate surface area is 164 Å². The fraction of sp³-hybridized carbons (Fsp3) is 0. The molecule has 0 bridgehead atoms. The minimum absolute atomic E-state index is 0.250. The number of hydrogen-bond acceptors (Lipinski definition) is 6. The number of aromatic carboxylic acids is 2. The molecule has 9 heteroatoms. The summed E-state index contributed by atoms with van der Waals surface area (Å²) < 4.78 is 0. The lowest BCUT2D eigenvalue weighted by Gasteiger charge is -1.94. The fourth-order valence-corrected chi connectivity index (χ4v) is 1.79. The van der Waals surface area contributed by atoms with E-state index in [1.54, 1.807) is 60.7 Å². The molecular weight excluding hydrogens is 382 g/mol. The van der Waals surface area contributed by atoms with Crippen molar-refractivity contribution in [1.29, 1.82) is 0 Å². The highest BCUT2D eigenvalue weighted by Crippen LogP contribution is 2.28. The highest BCUT2D eigenvalue weighted by atomic mass is 16.6. The maximum Gasteiger partial charge on any atom is 0.335 e. The van der Waals surface area contributed by atoms with Crippen LogP contribution in [0.5, 0.6) is 11.5 Å². The Bertz CT molecular complexity index is 909. The second kappa shape index (κ2) is 11.3. The molecular formula is C20H17NO8. The molecule has 150 valence electrons. The van der Waals surface area contributed by atoms with E-state index in [0.29, 0.717) is 11.1 Å². The number of carboxylic acids is 2. The molecule has 29 heavy (non-hydrogen) atoms. The summed E-state index contributed by atoms with van der Waals surface area (Å²) in [7, 11) is 0. The second-order valence-corrected chi connectivity index (χ2v) is 5.27. The first-order valence-corrected chi connectivity index (χ1v) is 7.95. The van der Waals surface area contributed by atoms with Crippen LogP contribution < -0.4 is 0 Å². The number of carbonyl (C=O) groups is 2. The van der Waals surface area contributed by atoms with Gasteiger partial charge in [-0.05, 0) is 30.3 Å². The molecule has 3 aromatic rings. The summed E-state index contributed by atoms with van der Waals surface area (Å²) >= 11 is 0. The number of phenolic OH excluding ortho intramolecular Hbond substituents is 2. The summed E-state index contributed by atoms with van der Waals surface area (Å²) in [5.74, 6) is -2.61. The Morgan fingerprint density at radius 3 is 1.38 bits per heavy atom. The number of nitrogens with zero attached hydrogens (tertiary/aromatic N) is 1. The fourth-order valence-electron chi connectivity index (χ4n) is 1.79. The zero-order valence-corrected chi connectivity index (χ0v) is 14.9. The normalized spacial score (nSPS) is 9.10. The third-order valence-electron chi connectivity index (χ3n) is 3.21. The number of phenols is 2. The van der Waals surface area contributed by atoms with Crippen LogP contribution in [0.2, 0.25) is 0 Å². The molecule has 3 aromatic carbocycles. The van der Waals surface area contributed by atoms with Crippen molar-refractivity contribution < 1.29 is 34.9 Å². The minimum atomic E-state index is -0.879. The molecule has 0 unspecified atom stereocenters. The molecule has 0 saturated heterocycles. The maximum absolute atomic E-state index is 10.2. The number of rotatable bonds is 3. The molecule has 0 spiro atoms. The van der Waals surface area contributed by atoms with Crippen LogP contribution in [0.15, 0.2) is 78.9 Å². The van der Waals surface area contributed by atoms with Crippen LogP contribution in [-0.4, -0.2) is 37.3 Å². The molecule has 4 N–H and O–H groups in total. The first-order valence-electron chi connectivity index (χ1n) is 7.95. The number of non-ortho nitro benzene ring substituents is 1. The Balaban J connectivity index is 0.000000219. The van der Waals surface area contributed by atoms with E-state index in [1.165, 1.54) is 0 Å². The standard InChI is InChI=1S/2C7H6O2.C6H5NO4/c2*8-7(9)6-4-2-1-3-5-6;8-5-2-1-4(7(10)11)3-6(5)9/h2*1-5H,(H,8,9);1-3,8-9H. The molecule has 0 aliphatic heterocycles. The minimum Gasteiger partial charge on any atom is -0.504 e. The molecule has 0 aliphatic carbocycles. The van der Waals surface area contributed by atoms with Crippen molar-refractivity contribution in [2.45, 2.75) is 0 Å². The number of benzene rings is 3. The van der Waals surface area contributed by atoms with Crippen LogP contribution in [0.4, 0.5) is 5.69 Å². The van der Waals surface area contributed by atoms with Gasteiger partial charge in [0.05, 0.1) is 22.1 Å². The highest BCUT2D eigenvalue weighted by Gasteiger charge is 2.08. The summed E-state index contributed by atoms with van der Waals surface area (Å²) in [6.07, 6.45) is 0. The largest absolute Gasteiger partial charge is 0.504 e. The second-order valence-electron chi connectivity index (χ2n) is 5.27. The topological polar surface area (TPSA) is 158 Å². The molecule has 0 heterocycles. The lowest BCUT2D eigenvalue weighted by atomic mass is 10.2. The Kier molecular flexibility index (Phi) is 8.85. The maximum atomic E-state index is 10.2. The van der Waals surface area contributed by atoms with Crippen LogP contribution in [-0.2, 0) is 0 Å². The summed E-state index contributed by atoms with van der Waals surface area (Å²) in [6, 6.07) is 19.6. The SMILES string of the molecule is O=C(O)c1ccccc1.O=C(O)c1ccccc1.O=[N+]([O-])c1ccc(O)c(O)c1. The number of aromatic hydroxyl groups is 2. The van der Waals surface area contributed by atoms with Gasteiger partial charge in [0.1, 0.15) is 0 Å². The van der Waals surface area contributed by atoms with Gasteiger partial charge in [-0.1, -0.05) is 36.4 Å². The van der Waals surface area contributed by atoms with Gasteiger partial charge in [0.15, 0.2) is 11.5 Å². The van der Waals surface area contributed by atoms with Crippen molar-refractivity contribution in [2.75, 3.05) is 0 Å². The van der Waals surface area contributed by atoms with Crippen molar-refractivity contribution in [3.8, 4) is 11.5 Å². The molecule has 0 amide bonds. The zero-order chi connectivity index (χ0) is 21.8. The van der Waals surface area contributed by atoms with E-state index >= 15 is 0 Å². The average Bonchev–Trinajstić information content (AvgIpc) is 2.72. The lowest BCUT2D eigenvalue weighted by molar-refractivity contribution is -0.385.